The van der Waals surface area contributed by atoms with Crippen LogP contribution in [-0.4, -0.2) is 37.3 Å². The Morgan fingerprint density at radius 2 is 2.06 bits per heavy atom. The number of benzene rings is 1. The van der Waals surface area contributed by atoms with Crippen LogP contribution in [0.2, 0.25) is 0 Å². The van der Waals surface area contributed by atoms with Crippen molar-refractivity contribution < 1.29 is 0 Å². The molecule has 0 aliphatic carbocycles. The smallest absolute Gasteiger partial charge is 0.0314 e. The van der Waals surface area contributed by atoms with Crippen LogP contribution in [-0.2, 0) is 6.54 Å². The molecule has 18 heavy (non-hydrogen) atoms. The van der Waals surface area contributed by atoms with E-state index in [1.54, 1.807) is 0 Å². The lowest BCUT2D eigenvalue weighted by molar-refractivity contribution is 0.437. The molecule has 1 aromatic rings. The predicted molar refractivity (Wildman–Crippen MR) is 85.4 cm³/mol. The average Bonchev–Trinajstić information content (AvgIpc) is 2.28. The molecule has 0 unspecified atom stereocenters. The molecular weight excluding hydrogens is 308 g/mol. The summed E-state index contributed by atoms with van der Waals surface area (Å²) in [6.45, 7) is 6.37. The molecule has 0 spiro atoms. The van der Waals surface area contributed by atoms with E-state index in [4.69, 9.17) is 0 Å². The van der Waals surface area contributed by atoms with Gasteiger partial charge in [0.15, 0.2) is 0 Å². The molecule has 2 nitrogen and oxygen atoms in total. The molecule has 0 heterocycles. The van der Waals surface area contributed by atoms with Gasteiger partial charge in [-0.1, -0.05) is 19.9 Å². The number of hydrogen-bond acceptors (Lipinski definition) is 3. The first-order chi connectivity index (χ1) is 8.49. The fraction of sp³-hybridized carbons (Fsp3) is 0.571. The summed E-state index contributed by atoms with van der Waals surface area (Å²) < 4.78 is 1.20. The first-order valence-corrected chi connectivity index (χ1v) is 8.06. The Labute approximate surface area is 124 Å². The Hall–Kier alpha value is -0.0300. The van der Waals surface area contributed by atoms with Crippen molar-refractivity contribution in [1.82, 2.24) is 10.2 Å². The Bertz CT molecular complexity index is 367. The minimum atomic E-state index is 0.526. The molecule has 0 saturated carbocycles. The van der Waals surface area contributed by atoms with E-state index in [-0.39, 0.29) is 0 Å². The van der Waals surface area contributed by atoms with Gasteiger partial charge >= 0.3 is 0 Å². The van der Waals surface area contributed by atoms with E-state index < -0.39 is 0 Å². The minimum Gasteiger partial charge on any atom is -0.310 e. The third-order valence-corrected chi connectivity index (χ3v) is 4.48. The monoisotopic (exact) mass is 330 g/mol. The zero-order chi connectivity index (χ0) is 13.5. The summed E-state index contributed by atoms with van der Waals surface area (Å²) in [5.74, 6) is 1.12. The number of halogens is 1. The van der Waals surface area contributed by atoms with Gasteiger partial charge in [-0.25, -0.2) is 0 Å². The summed E-state index contributed by atoms with van der Waals surface area (Å²) in [7, 11) is 4.21. The lowest BCUT2D eigenvalue weighted by atomic mass is 10.2. The van der Waals surface area contributed by atoms with Crippen molar-refractivity contribution in [2.75, 3.05) is 26.4 Å². The van der Waals surface area contributed by atoms with E-state index in [0.717, 1.165) is 18.8 Å². The zero-order valence-electron chi connectivity index (χ0n) is 11.7. The molecule has 1 rings (SSSR count). The number of nitrogens with one attached hydrogen (secondary N) is 1. The molecule has 0 radical (unpaired) electrons. The Morgan fingerprint density at radius 3 is 2.61 bits per heavy atom. The van der Waals surface area contributed by atoms with Gasteiger partial charge in [0.25, 0.3) is 0 Å². The molecule has 4 heteroatoms. The van der Waals surface area contributed by atoms with Gasteiger partial charge < -0.3 is 10.2 Å². The molecule has 0 aliphatic heterocycles. The maximum Gasteiger partial charge on any atom is 0.0314 e. The molecule has 0 fully saturated rings. The van der Waals surface area contributed by atoms with Gasteiger partial charge in [-0.15, -0.1) is 11.8 Å². The van der Waals surface area contributed by atoms with Gasteiger partial charge in [0, 0.05) is 34.3 Å². The first kappa shape index (κ1) is 16.0. The predicted octanol–water partition coefficient (Wildman–Crippen LogP) is 3.60. The number of thioether (sulfide) groups is 1. The van der Waals surface area contributed by atoms with Gasteiger partial charge in [0.1, 0.15) is 0 Å². The number of rotatable bonds is 7. The van der Waals surface area contributed by atoms with Crippen LogP contribution in [0.3, 0.4) is 0 Å². The summed E-state index contributed by atoms with van der Waals surface area (Å²) in [6, 6.07) is 7.16. The topological polar surface area (TPSA) is 15.3 Å². The van der Waals surface area contributed by atoms with Crippen LogP contribution in [0.15, 0.2) is 27.6 Å². The van der Waals surface area contributed by atoms with Crippen molar-refractivity contribution in [1.29, 1.82) is 0 Å². The molecule has 0 atom stereocenters. The fourth-order valence-electron chi connectivity index (χ4n) is 1.43. The van der Waals surface area contributed by atoms with Crippen LogP contribution in [0.1, 0.15) is 19.4 Å². The lowest BCUT2D eigenvalue weighted by Gasteiger charge is -2.12. The highest BCUT2D eigenvalue weighted by atomic mass is 79.9. The van der Waals surface area contributed by atoms with E-state index in [2.05, 4.69) is 72.3 Å². The van der Waals surface area contributed by atoms with Crippen LogP contribution >= 0.6 is 27.7 Å². The Morgan fingerprint density at radius 1 is 1.33 bits per heavy atom. The highest BCUT2D eigenvalue weighted by molar-refractivity contribution is 9.10. The van der Waals surface area contributed by atoms with E-state index in [9.17, 15) is 0 Å². The van der Waals surface area contributed by atoms with Crippen molar-refractivity contribution in [3.63, 3.8) is 0 Å². The standard InChI is InChI=1S/C14H23BrN2S/c1-11(2)16-10-12-5-6-14(13(15)9-12)18-8-7-17(3)4/h5-6,9,11,16H,7-8,10H2,1-4H3. The third kappa shape index (κ3) is 6.23. The highest BCUT2D eigenvalue weighted by Crippen LogP contribution is 2.28. The zero-order valence-corrected chi connectivity index (χ0v) is 14.1. The lowest BCUT2D eigenvalue weighted by Crippen LogP contribution is -2.21. The van der Waals surface area contributed by atoms with E-state index in [0.29, 0.717) is 6.04 Å². The SMILES string of the molecule is CC(C)NCc1ccc(SCCN(C)C)c(Br)c1. The van der Waals surface area contributed by atoms with Gasteiger partial charge in [0.05, 0.1) is 0 Å². The van der Waals surface area contributed by atoms with Crippen LogP contribution in [0.4, 0.5) is 0 Å². The van der Waals surface area contributed by atoms with E-state index in [1.807, 2.05) is 11.8 Å². The Kier molecular flexibility index (Phi) is 7.30. The molecule has 1 N–H and O–H groups in total. The summed E-state index contributed by atoms with van der Waals surface area (Å²) in [4.78, 5) is 3.53. The second kappa shape index (κ2) is 8.20. The Balaban J connectivity index is 2.51. The molecule has 0 saturated heterocycles. The number of nitrogens with zero attached hydrogens (tertiary/aromatic N) is 1. The highest BCUT2D eigenvalue weighted by Gasteiger charge is 2.03. The van der Waals surface area contributed by atoms with Crippen molar-refractivity contribution in [2.24, 2.45) is 0 Å². The summed E-state index contributed by atoms with van der Waals surface area (Å²) in [6.07, 6.45) is 0. The van der Waals surface area contributed by atoms with Gasteiger partial charge in [-0.2, -0.15) is 0 Å². The molecule has 102 valence electrons. The molecule has 1 aromatic carbocycles. The summed E-state index contributed by atoms with van der Waals surface area (Å²) >= 11 is 5.56. The van der Waals surface area contributed by atoms with Crippen LogP contribution in [0.25, 0.3) is 0 Å². The van der Waals surface area contributed by atoms with Crippen molar-refractivity contribution >= 4 is 27.7 Å². The maximum absolute atomic E-state index is 3.66. The average molecular weight is 331 g/mol. The largest absolute Gasteiger partial charge is 0.310 e. The van der Waals surface area contributed by atoms with E-state index in [1.165, 1.54) is 14.9 Å². The van der Waals surface area contributed by atoms with Crippen LogP contribution < -0.4 is 5.32 Å². The van der Waals surface area contributed by atoms with Crippen LogP contribution in [0.5, 0.6) is 0 Å². The molecule has 0 aliphatic rings. The minimum absolute atomic E-state index is 0.526. The quantitative estimate of drug-likeness (QED) is 0.769. The maximum atomic E-state index is 3.66. The summed E-state index contributed by atoms with van der Waals surface area (Å²) in [5.41, 5.74) is 1.33. The van der Waals surface area contributed by atoms with E-state index >= 15 is 0 Å². The van der Waals surface area contributed by atoms with Gasteiger partial charge in [0.2, 0.25) is 0 Å². The molecular formula is C14H23BrN2S. The molecule has 0 amide bonds. The second-order valence-electron chi connectivity index (χ2n) is 4.95. The van der Waals surface area contributed by atoms with Crippen LogP contribution in [0, 0.1) is 0 Å². The van der Waals surface area contributed by atoms with Crippen molar-refractivity contribution in [3.8, 4) is 0 Å². The van der Waals surface area contributed by atoms with Crippen molar-refractivity contribution in [2.45, 2.75) is 31.3 Å². The third-order valence-electron chi connectivity index (χ3n) is 2.51. The molecule has 0 bridgehead atoms. The number of hydrogen-bond donors (Lipinski definition) is 1. The summed E-state index contributed by atoms with van der Waals surface area (Å²) in [5, 5.41) is 3.43. The molecule has 0 aromatic heterocycles. The fourth-order valence-corrected chi connectivity index (χ4v) is 3.24. The normalized spacial score (nSPS) is 11.5. The second-order valence-corrected chi connectivity index (χ2v) is 6.94. The van der Waals surface area contributed by atoms with Gasteiger partial charge in [-0.05, 0) is 47.7 Å². The van der Waals surface area contributed by atoms with Gasteiger partial charge in [-0.3, -0.25) is 0 Å². The van der Waals surface area contributed by atoms with Crippen molar-refractivity contribution in [3.05, 3.63) is 28.2 Å². The first-order valence-electron chi connectivity index (χ1n) is 6.28.